The van der Waals surface area contributed by atoms with Gasteiger partial charge < -0.3 is 5.73 Å². The molecule has 0 bridgehead atoms. The van der Waals surface area contributed by atoms with Gasteiger partial charge in [-0.25, -0.2) is 4.39 Å². The summed E-state index contributed by atoms with van der Waals surface area (Å²) < 4.78 is 12.6. The second-order valence-electron chi connectivity index (χ2n) is 2.87. The fourth-order valence-corrected chi connectivity index (χ4v) is 1.29. The maximum Gasteiger partial charge on any atom is 0.100 e. The fraction of sp³-hybridized carbons (Fsp3) is 1.00. The lowest BCUT2D eigenvalue weighted by molar-refractivity contribution is 0.299. The third-order valence-corrected chi connectivity index (χ3v) is 1.94. The Morgan fingerprint density at radius 1 is 1.11 bits per heavy atom. The van der Waals surface area contributed by atoms with Gasteiger partial charge in [-0.05, 0) is 32.1 Å². The van der Waals surface area contributed by atoms with Crippen molar-refractivity contribution in [1.82, 2.24) is 0 Å². The van der Waals surface area contributed by atoms with Gasteiger partial charge in [0.1, 0.15) is 6.17 Å². The van der Waals surface area contributed by atoms with Crippen LogP contribution in [0.25, 0.3) is 0 Å². The Balaban J connectivity index is 2.25. The highest BCUT2D eigenvalue weighted by Crippen LogP contribution is 2.18. The first-order valence-corrected chi connectivity index (χ1v) is 3.68. The molecular formula is C7H14FN. The number of rotatable bonds is 0. The molecule has 54 valence electrons. The third-order valence-electron chi connectivity index (χ3n) is 1.94. The van der Waals surface area contributed by atoms with Crippen molar-refractivity contribution in [2.45, 2.75) is 44.3 Å². The van der Waals surface area contributed by atoms with Crippen LogP contribution in [0.3, 0.4) is 0 Å². The van der Waals surface area contributed by atoms with E-state index in [1.54, 1.807) is 0 Å². The lowest BCUT2D eigenvalue weighted by Gasteiger charge is -2.03. The van der Waals surface area contributed by atoms with Crippen molar-refractivity contribution >= 4 is 0 Å². The zero-order valence-corrected chi connectivity index (χ0v) is 5.65. The molecule has 0 spiro atoms. The van der Waals surface area contributed by atoms with Gasteiger partial charge in [0, 0.05) is 6.04 Å². The summed E-state index contributed by atoms with van der Waals surface area (Å²) in [4.78, 5) is 0. The van der Waals surface area contributed by atoms with Gasteiger partial charge in [-0.3, -0.25) is 0 Å². The SMILES string of the molecule is N[C@@H]1CCC[C@@H](F)CC1. The van der Waals surface area contributed by atoms with Crippen LogP contribution < -0.4 is 5.73 Å². The van der Waals surface area contributed by atoms with E-state index in [1.807, 2.05) is 0 Å². The molecule has 2 heteroatoms. The molecule has 0 radical (unpaired) electrons. The zero-order chi connectivity index (χ0) is 6.69. The summed E-state index contributed by atoms with van der Waals surface area (Å²) in [6.07, 6.45) is 3.71. The van der Waals surface area contributed by atoms with Gasteiger partial charge in [0.25, 0.3) is 0 Å². The van der Waals surface area contributed by atoms with Crippen LogP contribution in [0.1, 0.15) is 32.1 Å². The van der Waals surface area contributed by atoms with E-state index in [0.717, 1.165) is 25.7 Å². The van der Waals surface area contributed by atoms with E-state index >= 15 is 0 Å². The second-order valence-corrected chi connectivity index (χ2v) is 2.87. The molecule has 1 fully saturated rings. The summed E-state index contributed by atoms with van der Waals surface area (Å²) in [5.41, 5.74) is 5.63. The van der Waals surface area contributed by atoms with Crippen molar-refractivity contribution in [3.8, 4) is 0 Å². The summed E-state index contributed by atoms with van der Waals surface area (Å²) in [7, 11) is 0. The van der Waals surface area contributed by atoms with Gasteiger partial charge in [0.15, 0.2) is 0 Å². The molecule has 0 amide bonds. The van der Waals surface area contributed by atoms with E-state index < -0.39 is 6.17 Å². The summed E-state index contributed by atoms with van der Waals surface area (Å²) in [6.45, 7) is 0. The third kappa shape index (κ3) is 2.31. The minimum absolute atomic E-state index is 0.269. The molecule has 0 aliphatic heterocycles. The Morgan fingerprint density at radius 3 is 2.67 bits per heavy atom. The Hall–Kier alpha value is -0.110. The average molecular weight is 131 g/mol. The molecule has 2 N–H and O–H groups in total. The number of alkyl halides is 1. The molecule has 0 aromatic heterocycles. The smallest absolute Gasteiger partial charge is 0.100 e. The highest BCUT2D eigenvalue weighted by atomic mass is 19.1. The molecule has 2 atom stereocenters. The van der Waals surface area contributed by atoms with Gasteiger partial charge in [0.05, 0.1) is 0 Å². The molecule has 0 aromatic rings. The van der Waals surface area contributed by atoms with Gasteiger partial charge >= 0.3 is 0 Å². The quantitative estimate of drug-likeness (QED) is 0.497. The summed E-state index contributed by atoms with van der Waals surface area (Å²) in [5.74, 6) is 0. The molecular weight excluding hydrogens is 117 g/mol. The Morgan fingerprint density at radius 2 is 1.89 bits per heavy atom. The maximum absolute atomic E-state index is 12.6. The van der Waals surface area contributed by atoms with E-state index in [2.05, 4.69) is 0 Å². The highest BCUT2D eigenvalue weighted by molar-refractivity contribution is 4.70. The number of hydrogen-bond acceptors (Lipinski definition) is 1. The van der Waals surface area contributed by atoms with Crippen LogP contribution in [0.5, 0.6) is 0 Å². The van der Waals surface area contributed by atoms with Crippen molar-refractivity contribution in [3.05, 3.63) is 0 Å². The Kier molecular flexibility index (Phi) is 2.46. The molecule has 0 heterocycles. The minimum Gasteiger partial charge on any atom is -0.328 e. The van der Waals surface area contributed by atoms with Crippen LogP contribution in [0.4, 0.5) is 4.39 Å². The molecule has 1 nitrogen and oxygen atoms in total. The van der Waals surface area contributed by atoms with Crippen LogP contribution in [-0.2, 0) is 0 Å². The highest BCUT2D eigenvalue weighted by Gasteiger charge is 2.14. The van der Waals surface area contributed by atoms with Crippen molar-refractivity contribution < 1.29 is 4.39 Å². The lowest BCUT2D eigenvalue weighted by atomic mass is 10.1. The summed E-state index contributed by atoms with van der Waals surface area (Å²) in [5, 5.41) is 0. The predicted molar refractivity (Wildman–Crippen MR) is 36.0 cm³/mol. The fourth-order valence-electron chi connectivity index (χ4n) is 1.29. The Bertz CT molecular complexity index is 75.0. The molecule has 1 aliphatic rings. The van der Waals surface area contributed by atoms with Gasteiger partial charge in [0.2, 0.25) is 0 Å². The first-order valence-electron chi connectivity index (χ1n) is 3.68. The molecule has 1 rings (SSSR count). The van der Waals surface area contributed by atoms with Crippen LogP contribution >= 0.6 is 0 Å². The lowest BCUT2D eigenvalue weighted by Crippen LogP contribution is -2.18. The predicted octanol–water partition coefficient (Wildman–Crippen LogP) is 1.62. The van der Waals surface area contributed by atoms with Crippen molar-refractivity contribution in [1.29, 1.82) is 0 Å². The van der Waals surface area contributed by atoms with Crippen LogP contribution in [0, 0.1) is 0 Å². The topological polar surface area (TPSA) is 26.0 Å². The molecule has 0 aromatic carbocycles. The average Bonchev–Trinajstić information content (AvgIpc) is 1.97. The number of halogens is 1. The van der Waals surface area contributed by atoms with E-state index in [0.29, 0.717) is 6.42 Å². The molecule has 9 heavy (non-hydrogen) atoms. The first kappa shape index (κ1) is 7.00. The number of nitrogens with two attached hydrogens (primary N) is 1. The molecule has 1 aliphatic carbocycles. The Labute approximate surface area is 55.4 Å². The molecule has 0 unspecified atom stereocenters. The normalized spacial score (nSPS) is 38.0. The van der Waals surface area contributed by atoms with Crippen LogP contribution in [0.15, 0.2) is 0 Å². The van der Waals surface area contributed by atoms with E-state index in [9.17, 15) is 4.39 Å². The van der Waals surface area contributed by atoms with Gasteiger partial charge in [-0.15, -0.1) is 0 Å². The summed E-state index contributed by atoms with van der Waals surface area (Å²) in [6, 6.07) is 0.269. The van der Waals surface area contributed by atoms with E-state index in [-0.39, 0.29) is 6.04 Å². The van der Waals surface area contributed by atoms with E-state index in [4.69, 9.17) is 5.73 Å². The van der Waals surface area contributed by atoms with Crippen LogP contribution in [-0.4, -0.2) is 12.2 Å². The number of hydrogen-bond donors (Lipinski definition) is 1. The zero-order valence-electron chi connectivity index (χ0n) is 5.65. The maximum atomic E-state index is 12.6. The monoisotopic (exact) mass is 131 g/mol. The van der Waals surface area contributed by atoms with Crippen molar-refractivity contribution in [2.24, 2.45) is 5.73 Å². The minimum atomic E-state index is -0.571. The molecule has 0 saturated heterocycles. The second kappa shape index (κ2) is 3.16. The largest absolute Gasteiger partial charge is 0.328 e. The van der Waals surface area contributed by atoms with Gasteiger partial charge in [-0.2, -0.15) is 0 Å². The first-order chi connectivity index (χ1) is 4.29. The van der Waals surface area contributed by atoms with Gasteiger partial charge in [-0.1, -0.05) is 0 Å². The standard InChI is InChI=1S/C7H14FN/c8-6-2-1-3-7(9)5-4-6/h6-7H,1-5,9H2/t6-,7-/m1/s1. The van der Waals surface area contributed by atoms with Crippen molar-refractivity contribution in [2.75, 3.05) is 0 Å². The summed E-state index contributed by atoms with van der Waals surface area (Å²) >= 11 is 0. The van der Waals surface area contributed by atoms with Crippen molar-refractivity contribution in [3.63, 3.8) is 0 Å². The van der Waals surface area contributed by atoms with E-state index in [1.165, 1.54) is 0 Å². The molecule has 1 saturated carbocycles. The van der Waals surface area contributed by atoms with Crippen LogP contribution in [0.2, 0.25) is 0 Å².